The first-order valence-electron chi connectivity index (χ1n) is 6.48. The number of halogens is 3. The molecule has 2 rings (SSSR count). The zero-order valence-corrected chi connectivity index (χ0v) is 11.0. The number of benzene rings is 1. The lowest BCUT2D eigenvalue weighted by atomic mass is 9.82. The SMILES string of the molecule is NCC1CCCCCC1c1c(Cl)ccc(F)c1F. The molecule has 1 saturated carbocycles. The summed E-state index contributed by atoms with van der Waals surface area (Å²) in [5.74, 6) is -1.48. The van der Waals surface area contributed by atoms with Crippen molar-refractivity contribution in [1.29, 1.82) is 0 Å². The molecule has 2 unspecified atom stereocenters. The van der Waals surface area contributed by atoms with E-state index in [1.807, 2.05) is 0 Å². The summed E-state index contributed by atoms with van der Waals surface area (Å²) in [4.78, 5) is 0. The lowest BCUT2D eigenvalue weighted by molar-refractivity contribution is 0.388. The average Bonchev–Trinajstić information content (AvgIpc) is 2.60. The highest BCUT2D eigenvalue weighted by atomic mass is 35.5. The smallest absolute Gasteiger partial charge is 0.163 e. The van der Waals surface area contributed by atoms with Crippen LogP contribution in [0.5, 0.6) is 0 Å². The van der Waals surface area contributed by atoms with Crippen LogP contribution in [0.3, 0.4) is 0 Å². The van der Waals surface area contributed by atoms with Gasteiger partial charge in [0.15, 0.2) is 11.6 Å². The Morgan fingerprint density at radius 2 is 1.89 bits per heavy atom. The second kappa shape index (κ2) is 5.98. The van der Waals surface area contributed by atoms with E-state index in [0.717, 1.165) is 38.2 Å². The minimum Gasteiger partial charge on any atom is -0.330 e. The van der Waals surface area contributed by atoms with E-state index in [2.05, 4.69) is 0 Å². The number of rotatable bonds is 2. The van der Waals surface area contributed by atoms with Crippen LogP contribution in [-0.4, -0.2) is 6.54 Å². The van der Waals surface area contributed by atoms with E-state index >= 15 is 0 Å². The Hall–Kier alpha value is -0.670. The fourth-order valence-corrected chi connectivity index (χ4v) is 3.22. The zero-order chi connectivity index (χ0) is 13.1. The molecular weight excluding hydrogens is 256 g/mol. The lowest BCUT2D eigenvalue weighted by Crippen LogP contribution is -2.22. The number of nitrogens with two attached hydrogens (primary N) is 1. The van der Waals surface area contributed by atoms with Gasteiger partial charge >= 0.3 is 0 Å². The first kappa shape index (κ1) is 13.8. The van der Waals surface area contributed by atoms with Gasteiger partial charge in [-0.2, -0.15) is 0 Å². The van der Waals surface area contributed by atoms with Crippen LogP contribution < -0.4 is 5.73 Å². The fourth-order valence-electron chi connectivity index (χ4n) is 2.93. The molecule has 0 heterocycles. The molecule has 0 aromatic heterocycles. The highest BCUT2D eigenvalue weighted by Crippen LogP contribution is 2.40. The normalized spacial score (nSPS) is 24.9. The van der Waals surface area contributed by atoms with E-state index in [9.17, 15) is 8.78 Å². The van der Waals surface area contributed by atoms with Crippen molar-refractivity contribution >= 4 is 11.6 Å². The molecule has 1 aromatic carbocycles. The van der Waals surface area contributed by atoms with Crippen molar-refractivity contribution in [2.24, 2.45) is 11.7 Å². The molecule has 0 bridgehead atoms. The van der Waals surface area contributed by atoms with Gasteiger partial charge in [-0.05, 0) is 43.4 Å². The maximum absolute atomic E-state index is 14.0. The summed E-state index contributed by atoms with van der Waals surface area (Å²) < 4.78 is 27.4. The monoisotopic (exact) mass is 273 g/mol. The minimum atomic E-state index is -0.825. The predicted molar refractivity (Wildman–Crippen MR) is 69.7 cm³/mol. The Morgan fingerprint density at radius 3 is 2.61 bits per heavy atom. The van der Waals surface area contributed by atoms with Crippen LogP contribution in [0.4, 0.5) is 8.78 Å². The fraction of sp³-hybridized carbons (Fsp3) is 0.571. The van der Waals surface area contributed by atoms with Crippen molar-refractivity contribution in [1.82, 2.24) is 0 Å². The molecule has 1 aliphatic rings. The Balaban J connectivity index is 2.41. The quantitative estimate of drug-likeness (QED) is 0.633. The van der Waals surface area contributed by atoms with E-state index < -0.39 is 11.6 Å². The molecule has 100 valence electrons. The number of hydrogen-bond donors (Lipinski definition) is 1. The topological polar surface area (TPSA) is 26.0 Å². The van der Waals surface area contributed by atoms with Gasteiger partial charge in [0.2, 0.25) is 0 Å². The van der Waals surface area contributed by atoms with Gasteiger partial charge in [-0.25, -0.2) is 8.78 Å². The van der Waals surface area contributed by atoms with Gasteiger partial charge in [-0.3, -0.25) is 0 Å². The summed E-state index contributed by atoms with van der Waals surface area (Å²) in [6, 6.07) is 2.52. The van der Waals surface area contributed by atoms with E-state index in [0.29, 0.717) is 17.1 Å². The Bertz CT molecular complexity index is 423. The first-order chi connectivity index (χ1) is 8.65. The highest BCUT2D eigenvalue weighted by molar-refractivity contribution is 6.31. The standard InChI is InChI=1S/C14H18ClF2N/c15-11-6-7-12(16)14(17)13(11)10-5-3-1-2-4-9(10)8-18/h6-7,9-10H,1-5,8,18H2. The molecule has 2 atom stereocenters. The molecule has 1 aliphatic carbocycles. The van der Waals surface area contributed by atoms with E-state index in [1.165, 1.54) is 6.07 Å². The van der Waals surface area contributed by atoms with Gasteiger partial charge in [0, 0.05) is 10.6 Å². The van der Waals surface area contributed by atoms with Crippen LogP contribution in [0.2, 0.25) is 5.02 Å². The van der Waals surface area contributed by atoms with E-state index in [1.54, 1.807) is 0 Å². The lowest BCUT2D eigenvalue weighted by Gasteiger charge is -2.25. The second-order valence-electron chi connectivity index (χ2n) is 5.00. The Kier molecular flexibility index (Phi) is 4.57. The predicted octanol–water partition coefficient (Wildman–Crippen LogP) is 4.24. The van der Waals surface area contributed by atoms with Crippen molar-refractivity contribution in [3.05, 3.63) is 34.4 Å². The van der Waals surface area contributed by atoms with Crippen LogP contribution in [0, 0.1) is 17.6 Å². The van der Waals surface area contributed by atoms with Crippen LogP contribution in [0.15, 0.2) is 12.1 Å². The molecule has 4 heteroatoms. The van der Waals surface area contributed by atoms with E-state index in [-0.39, 0.29) is 11.8 Å². The van der Waals surface area contributed by atoms with Crippen molar-refractivity contribution in [2.45, 2.75) is 38.0 Å². The molecule has 0 saturated heterocycles. The molecule has 1 fully saturated rings. The van der Waals surface area contributed by atoms with Gasteiger partial charge in [0.25, 0.3) is 0 Å². The molecule has 2 N–H and O–H groups in total. The van der Waals surface area contributed by atoms with Crippen LogP contribution in [0.1, 0.15) is 43.6 Å². The maximum Gasteiger partial charge on any atom is 0.163 e. The van der Waals surface area contributed by atoms with Crippen molar-refractivity contribution in [3.63, 3.8) is 0 Å². The van der Waals surface area contributed by atoms with Gasteiger partial charge in [0.05, 0.1) is 0 Å². The summed E-state index contributed by atoms with van der Waals surface area (Å²) in [7, 11) is 0. The van der Waals surface area contributed by atoms with Gasteiger partial charge in [-0.1, -0.05) is 30.9 Å². The van der Waals surface area contributed by atoms with Crippen molar-refractivity contribution < 1.29 is 8.78 Å². The van der Waals surface area contributed by atoms with Gasteiger partial charge in [-0.15, -0.1) is 0 Å². The summed E-state index contributed by atoms with van der Waals surface area (Å²) >= 11 is 6.06. The summed E-state index contributed by atoms with van der Waals surface area (Å²) in [6.45, 7) is 0.497. The molecule has 0 aliphatic heterocycles. The van der Waals surface area contributed by atoms with Crippen LogP contribution in [0.25, 0.3) is 0 Å². The van der Waals surface area contributed by atoms with Crippen LogP contribution >= 0.6 is 11.6 Å². The molecule has 1 nitrogen and oxygen atoms in total. The highest BCUT2D eigenvalue weighted by Gasteiger charge is 2.29. The third-order valence-corrected chi connectivity index (χ3v) is 4.24. The third-order valence-electron chi connectivity index (χ3n) is 3.91. The summed E-state index contributed by atoms with van der Waals surface area (Å²) in [6.07, 6.45) is 5.05. The maximum atomic E-state index is 14.0. The molecule has 0 spiro atoms. The molecule has 18 heavy (non-hydrogen) atoms. The molecule has 0 radical (unpaired) electrons. The summed E-state index contributed by atoms with van der Waals surface area (Å²) in [5, 5.41) is 0.319. The minimum absolute atomic E-state index is 0.0549. The zero-order valence-electron chi connectivity index (χ0n) is 10.3. The number of hydrogen-bond acceptors (Lipinski definition) is 1. The van der Waals surface area contributed by atoms with Gasteiger partial charge in [0.1, 0.15) is 0 Å². The molecule has 0 amide bonds. The van der Waals surface area contributed by atoms with Crippen molar-refractivity contribution in [2.75, 3.05) is 6.54 Å². The van der Waals surface area contributed by atoms with Crippen LogP contribution in [-0.2, 0) is 0 Å². The second-order valence-corrected chi connectivity index (χ2v) is 5.40. The van der Waals surface area contributed by atoms with E-state index in [4.69, 9.17) is 17.3 Å². The molecular formula is C14H18ClF2N. The molecule has 1 aromatic rings. The summed E-state index contributed by atoms with van der Waals surface area (Å²) in [5.41, 5.74) is 6.11. The third kappa shape index (κ3) is 2.67. The Labute approximate surface area is 111 Å². The van der Waals surface area contributed by atoms with Gasteiger partial charge < -0.3 is 5.73 Å². The first-order valence-corrected chi connectivity index (χ1v) is 6.86. The largest absolute Gasteiger partial charge is 0.330 e. The van der Waals surface area contributed by atoms with Crippen molar-refractivity contribution in [3.8, 4) is 0 Å². The average molecular weight is 274 g/mol. The Morgan fingerprint density at radius 1 is 1.17 bits per heavy atom.